The maximum atomic E-state index is 11.8. The summed E-state index contributed by atoms with van der Waals surface area (Å²) in [6.45, 7) is 2.47. The molecule has 1 aromatic rings. The standard InChI is InChI=1S/C14H20ClNO4S/c1-3-12(10-20-2)16-14(17)9-6-11-4-7-13(8-5-11)21(15,18)19/h4-5,7-8,12H,3,6,9-10H2,1-2H3,(H,16,17). The van der Waals surface area contributed by atoms with E-state index in [4.69, 9.17) is 15.4 Å². The number of amides is 1. The number of benzene rings is 1. The van der Waals surface area contributed by atoms with Crippen molar-refractivity contribution in [3.8, 4) is 0 Å². The summed E-state index contributed by atoms with van der Waals surface area (Å²) >= 11 is 0. The predicted octanol–water partition coefficient (Wildman–Crippen LogP) is 2.09. The molecule has 0 aliphatic carbocycles. The van der Waals surface area contributed by atoms with Crippen LogP contribution < -0.4 is 5.32 Å². The van der Waals surface area contributed by atoms with Gasteiger partial charge in [0.1, 0.15) is 0 Å². The summed E-state index contributed by atoms with van der Waals surface area (Å²) in [4.78, 5) is 11.9. The van der Waals surface area contributed by atoms with E-state index in [0.29, 0.717) is 19.4 Å². The van der Waals surface area contributed by atoms with Gasteiger partial charge in [0.05, 0.1) is 17.5 Å². The molecule has 1 aromatic carbocycles. The van der Waals surface area contributed by atoms with Crippen LogP contribution in [-0.4, -0.2) is 34.1 Å². The van der Waals surface area contributed by atoms with Crippen LogP contribution in [0.2, 0.25) is 0 Å². The molecule has 0 fully saturated rings. The first-order chi connectivity index (χ1) is 9.86. The largest absolute Gasteiger partial charge is 0.383 e. The number of carbonyl (C=O) groups is 1. The van der Waals surface area contributed by atoms with Gasteiger partial charge in [-0.2, -0.15) is 0 Å². The van der Waals surface area contributed by atoms with Gasteiger partial charge in [0, 0.05) is 24.2 Å². The van der Waals surface area contributed by atoms with Gasteiger partial charge in [-0.05, 0) is 30.5 Å². The van der Waals surface area contributed by atoms with Gasteiger partial charge in [0.2, 0.25) is 5.91 Å². The van der Waals surface area contributed by atoms with Gasteiger partial charge in [-0.25, -0.2) is 8.42 Å². The van der Waals surface area contributed by atoms with Gasteiger partial charge < -0.3 is 10.1 Å². The highest BCUT2D eigenvalue weighted by atomic mass is 35.7. The molecule has 5 nitrogen and oxygen atoms in total. The average molecular weight is 334 g/mol. The third-order valence-corrected chi connectivity index (χ3v) is 4.44. The molecule has 0 radical (unpaired) electrons. The minimum atomic E-state index is -3.70. The second kappa shape index (κ2) is 8.36. The molecular formula is C14H20ClNO4S. The lowest BCUT2D eigenvalue weighted by Crippen LogP contribution is -2.37. The lowest BCUT2D eigenvalue weighted by molar-refractivity contribution is -0.122. The minimum Gasteiger partial charge on any atom is -0.383 e. The number of hydrogen-bond acceptors (Lipinski definition) is 4. The van der Waals surface area contributed by atoms with Crippen molar-refractivity contribution in [2.24, 2.45) is 0 Å². The van der Waals surface area contributed by atoms with Crippen molar-refractivity contribution in [2.45, 2.75) is 37.1 Å². The van der Waals surface area contributed by atoms with E-state index in [9.17, 15) is 13.2 Å². The van der Waals surface area contributed by atoms with E-state index in [-0.39, 0.29) is 16.8 Å². The van der Waals surface area contributed by atoms with Gasteiger partial charge >= 0.3 is 0 Å². The third kappa shape index (κ3) is 6.46. The van der Waals surface area contributed by atoms with Crippen LogP contribution in [0.3, 0.4) is 0 Å². The van der Waals surface area contributed by atoms with E-state index in [0.717, 1.165) is 12.0 Å². The summed E-state index contributed by atoms with van der Waals surface area (Å²) in [7, 11) is 3.14. The van der Waals surface area contributed by atoms with E-state index in [1.165, 1.54) is 12.1 Å². The van der Waals surface area contributed by atoms with Crippen molar-refractivity contribution < 1.29 is 17.9 Å². The first kappa shape index (κ1) is 17.9. The monoisotopic (exact) mass is 333 g/mol. The van der Waals surface area contributed by atoms with E-state index < -0.39 is 9.05 Å². The molecule has 1 unspecified atom stereocenters. The highest BCUT2D eigenvalue weighted by Crippen LogP contribution is 2.16. The second-order valence-electron chi connectivity index (χ2n) is 4.71. The van der Waals surface area contributed by atoms with Crippen LogP contribution in [0.1, 0.15) is 25.3 Å². The van der Waals surface area contributed by atoms with Crippen molar-refractivity contribution in [2.75, 3.05) is 13.7 Å². The molecule has 1 amide bonds. The van der Waals surface area contributed by atoms with Gasteiger partial charge in [-0.3, -0.25) is 4.79 Å². The van der Waals surface area contributed by atoms with Crippen molar-refractivity contribution in [1.29, 1.82) is 0 Å². The molecule has 0 aliphatic heterocycles. The van der Waals surface area contributed by atoms with E-state index in [1.54, 1.807) is 19.2 Å². The Balaban J connectivity index is 2.50. The first-order valence-corrected chi connectivity index (χ1v) is 8.99. The van der Waals surface area contributed by atoms with Crippen LogP contribution in [0.25, 0.3) is 0 Å². The predicted molar refractivity (Wildman–Crippen MR) is 81.9 cm³/mol. The Morgan fingerprint density at radius 1 is 1.33 bits per heavy atom. The topological polar surface area (TPSA) is 72.5 Å². The highest BCUT2D eigenvalue weighted by Gasteiger charge is 2.11. The summed E-state index contributed by atoms with van der Waals surface area (Å²) < 4.78 is 27.3. The molecule has 118 valence electrons. The minimum absolute atomic E-state index is 0.0197. The number of halogens is 1. The summed E-state index contributed by atoms with van der Waals surface area (Å²) in [6.07, 6.45) is 1.69. The lowest BCUT2D eigenvalue weighted by Gasteiger charge is -2.15. The van der Waals surface area contributed by atoms with Gasteiger partial charge in [0.15, 0.2) is 0 Å². The number of hydrogen-bond donors (Lipinski definition) is 1. The first-order valence-electron chi connectivity index (χ1n) is 6.68. The van der Waals surface area contributed by atoms with Crippen molar-refractivity contribution in [3.05, 3.63) is 29.8 Å². The lowest BCUT2D eigenvalue weighted by atomic mass is 10.1. The zero-order chi connectivity index (χ0) is 15.9. The quantitative estimate of drug-likeness (QED) is 0.739. The maximum absolute atomic E-state index is 11.8. The summed E-state index contributed by atoms with van der Waals surface area (Å²) in [5.41, 5.74) is 0.883. The fourth-order valence-corrected chi connectivity index (χ4v) is 2.61. The van der Waals surface area contributed by atoms with Crippen LogP contribution in [0.15, 0.2) is 29.2 Å². The smallest absolute Gasteiger partial charge is 0.261 e. The Morgan fingerprint density at radius 3 is 2.43 bits per heavy atom. The normalized spacial score (nSPS) is 12.9. The van der Waals surface area contributed by atoms with Crippen LogP contribution in [0, 0.1) is 0 Å². The number of ether oxygens (including phenoxy) is 1. The van der Waals surface area contributed by atoms with E-state index >= 15 is 0 Å². The molecular weight excluding hydrogens is 314 g/mol. The molecule has 0 aromatic heterocycles. The maximum Gasteiger partial charge on any atom is 0.261 e. The zero-order valence-electron chi connectivity index (χ0n) is 12.1. The SMILES string of the molecule is CCC(COC)NC(=O)CCc1ccc(S(=O)(=O)Cl)cc1. The number of rotatable bonds is 8. The Hall–Kier alpha value is -1.11. The van der Waals surface area contributed by atoms with Gasteiger partial charge in [0.25, 0.3) is 9.05 Å². The second-order valence-corrected chi connectivity index (χ2v) is 7.28. The summed E-state index contributed by atoms with van der Waals surface area (Å²) in [6, 6.07) is 6.22. The third-order valence-electron chi connectivity index (χ3n) is 3.07. The van der Waals surface area contributed by atoms with E-state index in [2.05, 4.69) is 5.32 Å². The molecule has 1 atom stereocenters. The van der Waals surface area contributed by atoms with Crippen LogP contribution >= 0.6 is 10.7 Å². The molecule has 0 spiro atoms. The molecule has 1 N–H and O–H groups in total. The molecule has 0 bridgehead atoms. The van der Waals surface area contributed by atoms with Crippen LogP contribution in [-0.2, 0) is 25.0 Å². The molecule has 7 heteroatoms. The number of nitrogens with one attached hydrogen (secondary N) is 1. The number of aryl methyl sites for hydroxylation is 1. The molecule has 0 heterocycles. The van der Waals surface area contributed by atoms with Crippen LogP contribution in [0.4, 0.5) is 0 Å². The van der Waals surface area contributed by atoms with Gasteiger partial charge in [-0.15, -0.1) is 0 Å². The molecule has 0 aliphatic rings. The van der Waals surface area contributed by atoms with Crippen LogP contribution in [0.5, 0.6) is 0 Å². The Bertz CT molecular complexity index is 557. The fourth-order valence-electron chi connectivity index (χ4n) is 1.84. The summed E-state index contributed by atoms with van der Waals surface area (Å²) in [5.74, 6) is -0.0482. The number of carbonyl (C=O) groups excluding carboxylic acids is 1. The van der Waals surface area contributed by atoms with Crippen molar-refractivity contribution in [3.63, 3.8) is 0 Å². The Morgan fingerprint density at radius 2 is 1.95 bits per heavy atom. The summed E-state index contributed by atoms with van der Waals surface area (Å²) in [5, 5.41) is 2.89. The number of methoxy groups -OCH3 is 1. The molecule has 0 saturated carbocycles. The fraction of sp³-hybridized carbons (Fsp3) is 0.500. The Kier molecular flexibility index (Phi) is 7.14. The Labute approximate surface area is 130 Å². The van der Waals surface area contributed by atoms with E-state index in [1.807, 2.05) is 6.92 Å². The molecule has 1 rings (SSSR count). The van der Waals surface area contributed by atoms with Crippen molar-refractivity contribution in [1.82, 2.24) is 5.32 Å². The molecule has 0 saturated heterocycles. The van der Waals surface area contributed by atoms with Crippen molar-refractivity contribution >= 4 is 25.6 Å². The molecule has 21 heavy (non-hydrogen) atoms. The zero-order valence-corrected chi connectivity index (χ0v) is 13.7. The average Bonchev–Trinajstić information content (AvgIpc) is 2.44. The van der Waals surface area contributed by atoms with Gasteiger partial charge in [-0.1, -0.05) is 19.1 Å². The highest BCUT2D eigenvalue weighted by molar-refractivity contribution is 8.13.